The Balaban J connectivity index is 1.65. The summed E-state index contributed by atoms with van der Waals surface area (Å²) >= 11 is 0. The summed E-state index contributed by atoms with van der Waals surface area (Å²) in [6.07, 6.45) is 9.46. The van der Waals surface area contributed by atoms with Gasteiger partial charge in [-0.25, -0.2) is 4.98 Å². The molecular formula is C24H27N5. The maximum Gasteiger partial charge on any atom is 0.227 e. The van der Waals surface area contributed by atoms with Crippen LogP contribution in [0.2, 0.25) is 0 Å². The van der Waals surface area contributed by atoms with Gasteiger partial charge in [0.25, 0.3) is 0 Å². The number of fused-ring (bicyclic) bond motifs is 1. The molecule has 0 radical (unpaired) electrons. The summed E-state index contributed by atoms with van der Waals surface area (Å²) in [6.45, 7) is 5.20. The van der Waals surface area contributed by atoms with Gasteiger partial charge in [-0.15, -0.1) is 0 Å². The first-order chi connectivity index (χ1) is 14.3. The van der Waals surface area contributed by atoms with Gasteiger partial charge in [0.1, 0.15) is 5.82 Å². The highest BCUT2D eigenvalue weighted by Gasteiger charge is 2.29. The molecular weight excluding hydrogens is 358 g/mol. The summed E-state index contributed by atoms with van der Waals surface area (Å²) in [7, 11) is 0. The zero-order valence-corrected chi connectivity index (χ0v) is 17.0. The fourth-order valence-corrected chi connectivity index (χ4v) is 4.42. The van der Waals surface area contributed by atoms with Crippen LogP contribution in [0.25, 0.3) is 11.3 Å². The highest BCUT2D eigenvalue weighted by Crippen LogP contribution is 2.39. The van der Waals surface area contributed by atoms with Crippen LogP contribution in [-0.4, -0.2) is 34.6 Å². The molecule has 2 aliphatic rings. The van der Waals surface area contributed by atoms with Gasteiger partial charge >= 0.3 is 0 Å². The Kier molecular flexibility index (Phi) is 4.88. The Morgan fingerprint density at radius 2 is 1.86 bits per heavy atom. The summed E-state index contributed by atoms with van der Waals surface area (Å²) in [6, 6.07) is 12.9. The van der Waals surface area contributed by atoms with Crippen LogP contribution in [0.5, 0.6) is 0 Å². The van der Waals surface area contributed by atoms with Crippen LogP contribution in [0.3, 0.4) is 0 Å². The largest absolute Gasteiger partial charge is 0.341 e. The quantitative estimate of drug-likeness (QED) is 0.646. The molecule has 0 amide bonds. The van der Waals surface area contributed by atoms with Crippen LogP contribution in [0.4, 0.5) is 17.5 Å². The van der Waals surface area contributed by atoms with Gasteiger partial charge in [-0.2, -0.15) is 4.98 Å². The lowest BCUT2D eigenvalue weighted by Gasteiger charge is -2.28. The van der Waals surface area contributed by atoms with E-state index in [-0.39, 0.29) is 0 Å². The van der Waals surface area contributed by atoms with Gasteiger partial charge in [0.2, 0.25) is 5.95 Å². The second kappa shape index (κ2) is 7.82. The van der Waals surface area contributed by atoms with Crippen molar-refractivity contribution < 1.29 is 0 Å². The lowest BCUT2D eigenvalue weighted by atomic mass is 10.0. The minimum atomic E-state index is 0.871. The van der Waals surface area contributed by atoms with E-state index in [0.29, 0.717) is 0 Å². The molecule has 5 rings (SSSR count). The molecule has 0 saturated carbocycles. The minimum Gasteiger partial charge on any atom is -0.341 e. The van der Waals surface area contributed by atoms with E-state index in [2.05, 4.69) is 52.0 Å². The molecule has 1 aromatic carbocycles. The molecule has 1 saturated heterocycles. The number of nitrogens with zero attached hydrogens (tertiary/aromatic N) is 5. The van der Waals surface area contributed by atoms with Crippen molar-refractivity contribution in [1.82, 2.24) is 15.0 Å². The molecule has 0 bridgehead atoms. The highest BCUT2D eigenvalue weighted by atomic mass is 15.3. The molecule has 0 unspecified atom stereocenters. The van der Waals surface area contributed by atoms with Gasteiger partial charge in [0.05, 0.1) is 17.6 Å². The van der Waals surface area contributed by atoms with Crippen LogP contribution in [0.15, 0.2) is 48.8 Å². The van der Waals surface area contributed by atoms with E-state index >= 15 is 0 Å². The molecule has 1 fully saturated rings. The summed E-state index contributed by atoms with van der Waals surface area (Å²) < 4.78 is 0. The Labute approximate surface area is 172 Å². The smallest absolute Gasteiger partial charge is 0.227 e. The second-order valence-corrected chi connectivity index (χ2v) is 7.89. The van der Waals surface area contributed by atoms with Gasteiger partial charge in [0, 0.05) is 37.0 Å². The summed E-state index contributed by atoms with van der Waals surface area (Å²) in [5, 5.41) is 0. The third-order valence-corrected chi connectivity index (χ3v) is 6.02. The predicted molar refractivity (Wildman–Crippen MR) is 118 cm³/mol. The van der Waals surface area contributed by atoms with Crippen molar-refractivity contribution in [3.63, 3.8) is 0 Å². The van der Waals surface area contributed by atoms with Crippen molar-refractivity contribution in [1.29, 1.82) is 0 Å². The average molecular weight is 386 g/mol. The van der Waals surface area contributed by atoms with Gasteiger partial charge < -0.3 is 9.80 Å². The molecule has 148 valence electrons. The van der Waals surface area contributed by atoms with Crippen LogP contribution < -0.4 is 9.80 Å². The van der Waals surface area contributed by atoms with Crippen molar-refractivity contribution in [2.75, 3.05) is 29.4 Å². The number of hydrogen-bond donors (Lipinski definition) is 0. The van der Waals surface area contributed by atoms with Crippen molar-refractivity contribution in [2.24, 2.45) is 0 Å². The number of anilines is 3. The second-order valence-electron chi connectivity index (χ2n) is 7.89. The number of piperidine rings is 1. The first kappa shape index (κ1) is 18.1. The topological polar surface area (TPSA) is 45.2 Å². The molecule has 2 aromatic heterocycles. The lowest BCUT2D eigenvalue weighted by Crippen LogP contribution is -2.31. The fourth-order valence-electron chi connectivity index (χ4n) is 4.42. The zero-order valence-electron chi connectivity index (χ0n) is 17.0. The Morgan fingerprint density at radius 1 is 0.966 bits per heavy atom. The lowest BCUT2D eigenvalue weighted by molar-refractivity contribution is 0.568. The molecule has 5 heteroatoms. The Bertz CT molecular complexity index is 995. The number of aromatic nitrogens is 3. The number of rotatable bonds is 4. The SMILES string of the molecule is CCc1cccc(-c2nc(N3CCCCC3)nc3c2CCN3c2cccnc2)c1. The summed E-state index contributed by atoms with van der Waals surface area (Å²) in [5.74, 6) is 1.92. The van der Waals surface area contributed by atoms with Gasteiger partial charge in [-0.05, 0) is 55.9 Å². The molecule has 5 nitrogen and oxygen atoms in total. The summed E-state index contributed by atoms with van der Waals surface area (Å²) in [5.41, 5.74) is 5.99. The molecule has 3 aromatic rings. The molecule has 29 heavy (non-hydrogen) atoms. The van der Waals surface area contributed by atoms with Crippen LogP contribution in [-0.2, 0) is 12.8 Å². The molecule has 0 spiro atoms. The van der Waals surface area contributed by atoms with E-state index in [0.717, 1.165) is 55.6 Å². The van der Waals surface area contributed by atoms with Crippen molar-refractivity contribution >= 4 is 17.5 Å². The first-order valence-electron chi connectivity index (χ1n) is 10.8. The maximum absolute atomic E-state index is 5.11. The van der Waals surface area contributed by atoms with E-state index in [4.69, 9.17) is 9.97 Å². The van der Waals surface area contributed by atoms with Crippen LogP contribution in [0.1, 0.15) is 37.3 Å². The van der Waals surface area contributed by atoms with Crippen LogP contribution >= 0.6 is 0 Å². The zero-order chi connectivity index (χ0) is 19.6. The van der Waals surface area contributed by atoms with Gasteiger partial charge in [-0.3, -0.25) is 4.98 Å². The molecule has 0 atom stereocenters. The van der Waals surface area contributed by atoms with E-state index in [1.807, 2.05) is 18.5 Å². The van der Waals surface area contributed by atoms with Crippen molar-refractivity contribution in [3.05, 3.63) is 59.9 Å². The molecule has 4 heterocycles. The number of pyridine rings is 1. The maximum atomic E-state index is 5.11. The van der Waals surface area contributed by atoms with Crippen LogP contribution in [0, 0.1) is 0 Å². The standard InChI is InChI=1S/C24H27N5/c1-2-18-8-6-9-19(16-18)22-21-11-15-29(20-10-7-12-25-17-20)23(21)27-24(26-22)28-13-4-3-5-14-28/h6-10,12,16-17H,2-5,11,13-15H2,1H3. The third kappa shape index (κ3) is 3.46. The van der Waals surface area contributed by atoms with Crippen molar-refractivity contribution in [3.8, 4) is 11.3 Å². The van der Waals surface area contributed by atoms with Crippen molar-refractivity contribution in [2.45, 2.75) is 39.0 Å². The molecule has 0 N–H and O–H groups in total. The Morgan fingerprint density at radius 3 is 2.66 bits per heavy atom. The minimum absolute atomic E-state index is 0.871. The highest BCUT2D eigenvalue weighted by molar-refractivity contribution is 5.77. The monoisotopic (exact) mass is 385 g/mol. The average Bonchev–Trinajstić information content (AvgIpc) is 3.24. The van der Waals surface area contributed by atoms with E-state index < -0.39 is 0 Å². The number of benzene rings is 1. The Hall–Kier alpha value is -2.95. The molecule has 2 aliphatic heterocycles. The molecule has 0 aliphatic carbocycles. The van der Waals surface area contributed by atoms with E-state index in [1.54, 1.807) is 0 Å². The first-order valence-corrected chi connectivity index (χ1v) is 10.8. The van der Waals surface area contributed by atoms with Gasteiger partial charge in [0.15, 0.2) is 0 Å². The third-order valence-electron chi connectivity index (χ3n) is 6.02. The van der Waals surface area contributed by atoms with Gasteiger partial charge in [-0.1, -0.05) is 25.1 Å². The normalized spacial score (nSPS) is 16.2. The van der Waals surface area contributed by atoms with E-state index in [1.165, 1.54) is 36.0 Å². The number of aryl methyl sites for hydroxylation is 1. The predicted octanol–water partition coefficient (Wildman–Crippen LogP) is 4.79. The number of hydrogen-bond acceptors (Lipinski definition) is 5. The fraction of sp³-hybridized carbons (Fsp3) is 0.375. The summed E-state index contributed by atoms with van der Waals surface area (Å²) in [4.78, 5) is 19.2. The van der Waals surface area contributed by atoms with E-state index in [9.17, 15) is 0 Å².